The van der Waals surface area contributed by atoms with Gasteiger partial charge >= 0.3 is 0 Å². The van der Waals surface area contributed by atoms with Gasteiger partial charge in [0.15, 0.2) is 0 Å². The molecule has 0 aliphatic rings. The van der Waals surface area contributed by atoms with Crippen LogP contribution < -0.4 is 0 Å². The van der Waals surface area contributed by atoms with Gasteiger partial charge in [-0.15, -0.1) is 0 Å². The van der Waals surface area contributed by atoms with E-state index in [9.17, 15) is 0 Å². The van der Waals surface area contributed by atoms with Gasteiger partial charge in [0.2, 0.25) is 0 Å². The van der Waals surface area contributed by atoms with E-state index in [1.54, 1.807) is 0 Å². The molecule has 24 heavy (non-hydrogen) atoms. The van der Waals surface area contributed by atoms with E-state index in [1.807, 2.05) is 0 Å². The molecule has 0 heterocycles. The van der Waals surface area contributed by atoms with Crippen molar-refractivity contribution in [2.24, 2.45) is 0 Å². The first-order chi connectivity index (χ1) is 11.6. The van der Waals surface area contributed by atoms with Gasteiger partial charge in [0.25, 0.3) is 0 Å². The van der Waals surface area contributed by atoms with Gasteiger partial charge in [0.05, 0.1) is 0 Å². The highest BCUT2D eigenvalue weighted by atomic mass is 14.1. The molecule has 0 aromatic heterocycles. The van der Waals surface area contributed by atoms with Crippen LogP contribution in [0.1, 0.15) is 50.7 Å². The molecular formula is C24H26. The van der Waals surface area contributed by atoms with Gasteiger partial charge in [-0.25, -0.2) is 0 Å². The van der Waals surface area contributed by atoms with Crippen LogP contribution in [-0.2, 0) is 0 Å². The van der Waals surface area contributed by atoms with Crippen molar-refractivity contribution < 1.29 is 0 Å². The molecule has 3 aromatic rings. The third-order valence-electron chi connectivity index (χ3n) is 4.70. The van der Waals surface area contributed by atoms with Crippen molar-refractivity contribution in [2.45, 2.75) is 39.5 Å². The van der Waals surface area contributed by atoms with E-state index in [0.717, 1.165) is 0 Å². The molecule has 0 unspecified atom stereocenters. The van der Waals surface area contributed by atoms with Crippen LogP contribution in [0.3, 0.4) is 0 Å². The smallest absolute Gasteiger partial charge is 0.0105 e. The Morgan fingerprint density at radius 1 is 0.458 bits per heavy atom. The summed E-state index contributed by atoms with van der Waals surface area (Å²) in [5.41, 5.74) is 7.93. The third-order valence-corrected chi connectivity index (χ3v) is 4.70. The summed E-state index contributed by atoms with van der Waals surface area (Å²) in [7, 11) is 0. The molecule has 0 spiro atoms. The molecule has 0 amide bonds. The molecule has 0 aliphatic carbocycles. The highest BCUT2D eigenvalue weighted by Crippen LogP contribution is 2.33. The normalized spacial score (nSPS) is 11.2. The molecule has 122 valence electrons. The molecule has 0 radical (unpaired) electrons. The predicted octanol–water partition coefficient (Wildman–Crippen LogP) is 7.27. The van der Waals surface area contributed by atoms with E-state index < -0.39 is 0 Å². The van der Waals surface area contributed by atoms with Gasteiger partial charge in [-0.05, 0) is 45.2 Å². The number of hydrogen-bond donors (Lipinski definition) is 0. The van der Waals surface area contributed by atoms with Gasteiger partial charge in [-0.2, -0.15) is 0 Å². The standard InChI is InChI=1S/C24H26/c1-17(2)19-9-13-21(14-10-19)23-7-5-6-8-24(23)22-15-11-20(12-16-22)18(3)4/h5-18H,1-4H3. The minimum absolute atomic E-state index is 0.567. The molecule has 0 heteroatoms. The lowest BCUT2D eigenvalue weighted by atomic mass is 9.92. The van der Waals surface area contributed by atoms with Gasteiger partial charge in [0, 0.05) is 0 Å². The Hall–Kier alpha value is -2.34. The topological polar surface area (TPSA) is 0 Å². The number of benzene rings is 3. The summed E-state index contributed by atoms with van der Waals surface area (Å²) in [6, 6.07) is 26.7. The second kappa shape index (κ2) is 7.05. The Bertz CT molecular complexity index is 720. The Kier molecular flexibility index (Phi) is 4.85. The van der Waals surface area contributed by atoms with Crippen molar-refractivity contribution in [1.29, 1.82) is 0 Å². The first-order valence-electron chi connectivity index (χ1n) is 8.86. The Morgan fingerprint density at radius 2 is 0.792 bits per heavy atom. The summed E-state index contributed by atoms with van der Waals surface area (Å²) < 4.78 is 0. The predicted molar refractivity (Wildman–Crippen MR) is 105 cm³/mol. The SMILES string of the molecule is CC(C)c1ccc(-c2ccccc2-c2ccc(C(C)C)cc2)cc1. The maximum absolute atomic E-state index is 2.25. The molecule has 0 nitrogen and oxygen atoms in total. The van der Waals surface area contributed by atoms with Gasteiger partial charge in [-0.1, -0.05) is 100 Å². The maximum Gasteiger partial charge on any atom is -0.0105 e. The zero-order valence-corrected chi connectivity index (χ0v) is 15.1. The molecule has 0 fully saturated rings. The van der Waals surface area contributed by atoms with Gasteiger partial charge in [0.1, 0.15) is 0 Å². The monoisotopic (exact) mass is 314 g/mol. The molecule has 3 aromatic carbocycles. The van der Waals surface area contributed by atoms with E-state index in [1.165, 1.54) is 33.4 Å². The van der Waals surface area contributed by atoms with Crippen LogP contribution in [0.25, 0.3) is 22.3 Å². The summed E-state index contributed by atoms with van der Waals surface area (Å²) in [4.78, 5) is 0. The van der Waals surface area contributed by atoms with Crippen molar-refractivity contribution >= 4 is 0 Å². The molecule has 0 saturated heterocycles. The van der Waals surface area contributed by atoms with Crippen molar-refractivity contribution in [1.82, 2.24) is 0 Å². The quantitative estimate of drug-likeness (QED) is 0.475. The molecule has 0 bridgehead atoms. The van der Waals surface area contributed by atoms with Crippen LogP contribution >= 0.6 is 0 Å². The summed E-state index contributed by atoms with van der Waals surface area (Å²) in [5, 5.41) is 0. The summed E-state index contributed by atoms with van der Waals surface area (Å²) in [6.45, 7) is 8.94. The van der Waals surface area contributed by atoms with Crippen LogP contribution in [0.5, 0.6) is 0 Å². The molecular weight excluding hydrogens is 288 g/mol. The fourth-order valence-corrected chi connectivity index (χ4v) is 3.08. The minimum Gasteiger partial charge on any atom is -0.0616 e. The average molecular weight is 314 g/mol. The molecule has 0 atom stereocenters. The van der Waals surface area contributed by atoms with Crippen LogP contribution in [0.15, 0.2) is 72.8 Å². The highest BCUT2D eigenvalue weighted by Gasteiger charge is 2.08. The fraction of sp³-hybridized carbons (Fsp3) is 0.250. The lowest BCUT2D eigenvalue weighted by molar-refractivity contribution is 0.867. The first-order valence-corrected chi connectivity index (χ1v) is 8.86. The van der Waals surface area contributed by atoms with Crippen LogP contribution in [-0.4, -0.2) is 0 Å². The van der Waals surface area contributed by atoms with Crippen molar-refractivity contribution in [2.75, 3.05) is 0 Å². The van der Waals surface area contributed by atoms with Crippen LogP contribution in [0.2, 0.25) is 0 Å². The van der Waals surface area contributed by atoms with E-state index in [-0.39, 0.29) is 0 Å². The van der Waals surface area contributed by atoms with E-state index in [2.05, 4.69) is 100 Å². The first kappa shape index (κ1) is 16.5. The summed E-state index contributed by atoms with van der Waals surface area (Å²) in [5.74, 6) is 1.13. The zero-order chi connectivity index (χ0) is 17.1. The van der Waals surface area contributed by atoms with Crippen molar-refractivity contribution in [3.8, 4) is 22.3 Å². The second-order valence-electron chi connectivity index (χ2n) is 7.10. The van der Waals surface area contributed by atoms with Gasteiger partial charge < -0.3 is 0 Å². The number of hydrogen-bond acceptors (Lipinski definition) is 0. The van der Waals surface area contributed by atoms with Crippen molar-refractivity contribution in [3.05, 3.63) is 83.9 Å². The van der Waals surface area contributed by atoms with E-state index in [0.29, 0.717) is 11.8 Å². The Balaban J connectivity index is 2.01. The Morgan fingerprint density at radius 3 is 1.08 bits per heavy atom. The largest absolute Gasteiger partial charge is 0.0616 e. The minimum atomic E-state index is 0.567. The van der Waals surface area contributed by atoms with Crippen molar-refractivity contribution in [3.63, 3.8) is 0 Å². The molecule has 3 rings (SSSR count). The lowest BCUT2D eigenvalue weighted by Crippen LogP contribution is -1.90. The third kappa shape index (κ3) is 3.43. The second-order valence-corrected chi connectivity index (χ2v) is 7.10. The zero-order valence-electron chi connectivity index (χ0n) is 15.1. The maximum atomic E-state index is 2.25. The van der Waals surface area contributed by atoms with Crippen LogP contribution in [0.4, 0.5) is 0 Å². The summed E-state index contributed by atoms with van der Waals surface area (Å²) >= 11 is 0. The number of rotatable bonds is 4. The van der Waals surface area contributed by atoms with Gasteiger partial charge in [-0.3, -0.25) is 0 Å². The fourth-order valence-electron chi connectivity index (χ4n) is 3.08. The Labute approximate surface area is 146 Å². The molecule has 0 aliphatic heterocycles. The molecule has 0 N–H and O–H groups in total. The van der Waals surface area contributed by atoms with E-state index >= 15 is 0 Å². The lowest BCUT2D eigenvalue weighted by Gasteiger charge is -2.13. The van der Waals surface area contributed by atoms with Crippen LogP contribution in [0, 0.1) is 0 Å². The summed E-state index contributed by atoms with van der Waals surface area (Å²) in [6.07, 6.45) is 0. The molecule has 0 saturated carbocycles. The average Bonchev–Trinajstić information content (AvgIpc) is 2.62. The highest BCUT2D eigenvalue weighted by molar-refractivity contribution is 5.83. The van der Waals surface area contributed by atoms with E-state index in [4.69, 9.17) is 0 Å².